The average molecular weight is 578 g/mol. The van der Waals surface area contributed by atoms with E-state index in [0.29, 0.717) is 16.8 Å². The summed E-state index contributed by atoms with van der Waals surface area (Å²) in [6.45, 7) is 1.49. The summed E-state index contributed by atoms with van der Waals surface area (Å²) in [5.41, 5.74) is 4.97. The van der Waals surface area contributed by atoms with Gasteiger partial charge in [0.25, 0.3) is 0 Å². The number of fused-ring (bicyclic) bond motifs is 3. The number of benzene rings is 1. The van der Waals surface area contributed by atoms with Gasteiger partial charge in [0.05, 0.1) is 23.4 Å². The van der Waals surface area contributed by atoms with Gasteiger partial charge in [-0.25, -0.2) is 0 Å². The van der Waals surface area contributed by atoms with Crippen LogP contribution in [0.1, 0.15) is 34.8 Å². The van der Waals surface area contributed by atoms with E-state index in [1.807, 2.05) is 0 Å². The first-order valence-electron chi connectivity index (χ1n) is 13.9. The first kappa shape index (κ1) is 29.5. The molecule has 0 spiro atoms. The van der Waals surface area contributed by atoms with Gasteiger partial charge in [0.15, 0.2) is 34.7 Å². The maximum Gasteiger partial charge on any atom is 0.235 e. The third-order valence-corrected chi connectivity index (χ3v) is 9.37. The van der Waals surface area contributed by atoms with E-state index in [4.69, 9.17) is 5.73 Å². The fourth-order valence-electron chi connectivity index (χ4n) is 7.40. The van der Waals surface area contributed by atoms with Crippen molar-refractivity contribution in [2.45, 2.75) is 37.8 Å². The van der Waals surface area contributed by atoms with Crippen LogP contribution in [0.4, 0.5) is 5.69 Å². The van der Waals surface area contributed by atoms with Crippen LogP contribution in [0.5, 0.6) is 5.75 Å². The number of aromatic hydroxyl groups is 1. The Hall–Kier alpha value is -3.96. The molecule has 1 aromatic carbocycles. The summed E-state index contributed by atoms with van der Waals surface area (Å²) < 4.78 is 0. The zero-order valence-electron chi connectivity index (χ0n) is 24.2. The molecule has 2 fully saturated rings. The minimum Gasteiger partial charge on any atom is -0.507 e. The summed E-state index contributed by atoms with van der Waals surface area (Å²) in [5.74, 6) is -11.1. The maximum atomic E-state index is 14.1. The lowest BCUT2D eigenvalue weighted by Crippen LogP contribution is -2.74. The lowest BCUT2D eigenvalue weighted by molar-refractivity contribution is -0.181. The fourth-order valence-corrected chi connectivity index (χ4v) is 7.40. The molecular weight excluding hydrogens is 542 g/mol. The minimum absolute atomic E-state index is 0.0105. The van der Waals surface area contributed by atoms with E-state index < -0.39 is 64.4 Å². The molecule has 0 radical (unpaired) electrons. The second-order valence-corrected chi connectivity index (χ2v) is 12.4. The molecule has 0 aromatic heterocycles. The van der Waals surface area contributed by atoms with Gasteiger partial charge in [0.2, 0.25) is 5.91 Å². The third-order valence-electron chi connectivity index (χ3n) is 9.37. The minimum atomic E-state index is -2.77. The fraction of sp³-hybridized carbons (Fsp3) is 0.484. The number of likely N-dealkylation sites (N-methyl/N-ethyl adjacent to an activating group) is 1. The third kappa shape index (κ3) is 4.17. The van der Waals surface area contributed by atoms with Gasteiger partial charge >= 0.3 is 0 Å². The van der Waals surface area contributed by atoms with E-state index in [0.717, 1.165) is 5.57 Å². The van der Waals surface area contributed by atoms with Crippen LogP contribution in [0.25, 0.3) is 0 Å². The van der Waals surface area contributed by atoms with Crippen molar-refractivity contribution in [3.05, 3.63) is 46.6 Å². The number of phenols is 1. The van der Waals surface area contributed by atoms with Gasteiger partial charge in [0.1, 0.15) is 11.5 Å². The molecule has 0 heterocycles. The van der Waals surface area contributed by atoms with Crippen molar-refractivity contribution in [3.63, 3.8) is 0 Å². The van der Waals surface area contributed by atoms with Gasteiger partial charge in [-0.05, 0) is 57.0 Å². The molecule has 42 heavy (non-hydrogen) atoms. The Labute approximate surface area is 243 Å². The maximum absolute atomic E-state index is 14.1. The molecule has 0 aliphatic heterocycles. The Bertz CT molecular complexity index is 1520. The summed E-state index contributed by atoms with van der Waals surface area (Å²) in [5, 5.41) is 23.2. The number of rotatable bonds is 6. The van der Waals surface area contributed by atoms with Crippen molar-refractivity contribution in [1.82, 2.24) is 4.90 Å². The molecule has 1 aromatic rings. The number of anilines is 1. The summed E-state index contributed by atoms with van der Waals surface area (Å²) >= 11 is 0. The number of hydrogen-bond donors (Lipinski definition) is 3. The number of hydrogen-bond acceptors (Lipinski definition) is 10. The Balaban J connectivity index is 1.62. The summed E-state index contributed by atoms with van der Waals surface area (Å²) in [4.78, 5) is 82.2. The SMILES string of the molecule is CC(=O)C1C=CC(Cc2cc(N(C)C)c3c(c2O)C(=O)C2C(=O)[C@@]4(O)C(=O)C(C(N)=O)C(=O)[C@H](N(C)C)[C@H]4C[C@H]2C3)=C1. The molecule has 11 heteroatoms. The lowest BCUT2D eigenvalue weighted by Gasteiger charge is -2.52. The molecule has 1 amide bonds. The number of allylic oxidation sites excluding steroid dienone is 4. The predicted octanol–water partition coefficient (Wildman–Crippen LogP) is 0.177. The van der Waals surface area contributed by atoms with Gasteiger partial charge in [0, 0.05) is 37.7 Å². The molecule has 7 atom stereocenters. The van der Waals surface area contributed by atoms with Gasteiger partial charge in [-0.3, -0.25) is 33.7 Å². The number of ketones is 5. The lowest BCUT2D eigenvalue weighted by atomic mass is 9.52. The number of amides is 1. The average Bonchev–Trinajstić information content (AvgIpc) is 3.36. The highest BCUT2D eigenvalue weighted by Crippen LogP contribution is 2.52. The number of Topliss-reactive ketones (excluding diaryl/α,β-unsaturated/α-hetero) is 5. The molecule has 2 saturated carbocycles. The molecule has 0 saturated heterocycles. The van der Waals surface area contributed by atoms with Crippen LogP contribution in [-0.4, -0.2) is 89.8 Å². The van der Waals surface area contributed by atoms with Crippen LogP contribution in [0.15, 0.2) is 29.9 Å². The van der Waals surface area contributed by atoms with Crippen LogP contribution in [-0.2, 0) is 36.8 Å². The number of primary amides is 1. The van der Waals surface area contributed by atoms with E-state index in [1.54, 1.807) is 57.4 Å². The van der Waals surface area contributed by atoms with Gasteiger partial charge in [-0.2, -0.15) is 0 Å². The molecule has 4 N–H and O–H groups in total. The van der Waals surface area contributed by atoms with E-state index in [-0.39, 0.29) is 42.3 Å². The van der Waals surface area contributed by atoms with Crippen LogP contribution in [0.2, 0.25) is 0 Å². The zero-order chi connectivity index (χ0) is 31.0. The van der Waals surface area contributed by atoms with Gasteiger partial charge in [-0.1, -0.05) is 18.2 Å². The van der Waals surface area contributed by atoms with Crippen LogP contribution in [0.3, 0.4) is 0 Å². The van der Waals surface area contributed by atoms with E-state index in [9.17, 15) is 39.0 Å². The van der Waals surface area contributed by atoms with Crippen LogP contribution >= 0.6 is 0 Å². The largest absolute Gasteiger partial charge is 0.507 e. The Morgan fingerprint density at radius 1 is 1.10 bits per heavy atom. The van der Waals surface area contributed by atoms with Crippen LogP contribution in [0, 0.1) is 29.6 Å². The second kappa shape index (κ2) is 10.1. The summed E-state index contributed by atoms with van der Waals surface area (Å²) in [6.07, 6.45) is 5.75. The Morgan fingerprint density at radius 3 is 2.31 bits per heavy atom. The molecule has 5 rings (SSSR count). The number of phenolic OH excluding ortho intramolecular Hbond substituents is 1. The zero-order valence-corrected chi connectivity index (χ0v) is 24.2. The van der Waals surface area contributed by atoms with Crippen molar-refractivity contribution in [2.75, 3.05) is 33.1 Å². The highest BCUT2D eigenvalue weighted by molar-refractivity contribution is 6.32. The molecule has 4 aliphatic rings. The summed E-state index contributed by atoms with van der Waals surface area (Å²) in [7, 11) is 6.68. The monoisotopic (exact) mass is 577 g/mol. The Kier molecular flexibility index (Phi) is 7.10. The quantitative estimate of drug-likeness (QED) is 0.396. The standard InChI is InChI=1S/C31H35N3O8/c1-13(35)15-7-6-14(8-15)9-17-12-20(33(2)3)18-10-16-11-19-24(34(4)5)27(38)23(30(32)41)29(40)31(19,42)28(39)21(16)26(37)22(18)25(17)36/h6-8,12,15-16,19,21,23-24,36,42H,9-11H2,1-5H3,(H2,32,41)/t15?,16-,19-,21?,23?,24-,31-/m1/s1. The van der Waals surface area contributed by atoms with E-state index in [2.05, 4.69) is 0 Å². The smallest absolute Gasteiger partial charge is 0.235 e. The number of carbonyl (C=O) groups excluding carboxylic acids is 6. The first-order valence-corrected chi connectivity index (χ1v) is 13.9. The highest BCUT2D eigenvalue weighted by atomic mass is 16.3. The molecule has 11 nitrogen and oxygen atoms in total. The normalized spacial score (nSPS) is 31.9. The van der Waals surface area contributed by atoms with E-state index >= 15 is 0 Å². The molecule has 222 valence electrons. The molecule has 0 bridgehead atoms. The topological polar surface area (TPSA) is 175 Å². The second-order valence-electron chi connectivity index (χ2n) is 12.4. The van der Waals surface area contributed by atoms with Gasteiger partial charge < -0.3 is 20.8 Å². The van der Waals surface area contributed by atoms with Crippen molar-refractivity contribution >= 4 is 40.5 Å². The number of nitrogens with two attached hydrogens (primary N) is 1. The van der Waals surface area contributed by atoms with Crippen LogP contribution < -0.4 is 10.6 Å². The van der Waals surface area contributed by atoms with Crippen molar-refractivity contribution in [3.8, 4) is 5.75 Å². The number of aliphatic hydroxyl groups is 1. The summed E-state index contributed by atoms with van der Waals surface area (Å²) in [6, 6.07) is 0.633. The van der Waals surface area contributed by atoms with Gasteiger partial charge in [-0.15, -0.1) is 0 Å². The highest BCUT2D eigenvalue weighted by Gasteiger charge is 2.69. The molecule has 3 unspecified atom stereocenters. The molecular formula is C31H35N3O8. The predicted molar refractivity (Wildman–Crippen MR) is 151 cm³/mol. The number of nitrogens with zero attached hydrogens (tertiary/aromatic N) is 2. The van der Waals surface area contributed by atoms with Crippen molar-refractivity contribution in [1.29, 1.82) is 0 Å². The van der Waals surface area contributed by atoms with E-state index in [1.165, 1.54) is 11.8 Å². The Morgan fingerprint density at radius 2 is 1.76 bits per heavy atom. The van der Waals surface area contributed by atoms with Crippen molar-refractivity contribution in [2.24, 2.45) is 35.3 Å². The van der Waals surface area contributed by atoms with Crippen molar-refractivity contribution < 1.29 is 39.0 Å². The number of carbonyl (C=O) groups is 6. The first-order chi connectivity index (χ1) is 19.6. The molecule has 4 aliphatic carbocycles.